The molecule has 1 N–H and O–H groups in total. The molecule has 2 aromatic rings. The number of hydrogen-bond donors (Lipinski definition) is 1. The fraction of sp³-hybridized carbons (Fsp3) is 0.500. The Bertz CT molecular complexity index is 705. The van der Waals surface area contributed by atoms with Crippen molar-refractivity contribution >= 4 is 11.6 Å². The topological polar surface area (TPSA) is 75.9 Å². The van der Waals surface area contributed by atoms with Gasteiger partial charge in [-0.25, -0.2) is 14.6 Å². The lowest BCUT2D eigenvalue weighted by Crippen LogP contribution is -2.33. The number of anilines is 2. The first-order valence-electron chi connectivity index (χ1n) is 7.93. The Balaban J connectivity index is 1.60. The lowest BCUT2D eigenvalue weighted by Gasteiger charge is -2.29. The first kappa shape index (κ1) is 15.5. The molecule has 0 aliphatic heterocycles. The second kappa shape index (κ2) is 6.76. The van der Waals surface area contributed by atoms with Gasteiger partial charge in [0.15, 0.2) is 0 Å². The van der Waals surface area contributed by atoms with Crippen molar-refractivity contribution in [2.45, 2.75) is 37.8 Å². The summed E-state index contributed by atoms with van der Waals surface area (Å²) in [4.78, 5) is 22.3. The van der Waals surface area contributed by atoms with Crippen LogP contribution in [0.4, 0.5) is 11.6 Å². The molecule has 7 heteroatoms. The summed E-state index contributed by atoms with van der Waals surface area (Å²) in [6.45, 7) is 0. The number of aromatic nitrogens is 4. The van der Waals surface area contributed by atoms with Crippen molar-refractivity contribution in [3.63, 3.8) is 0 Å². The van der Waals surface area contributed by atoms with E-state index in [0.29, 0.717) is 6.04 Å². The lowest BCUT2D eigenvalue weighted by molar-refractivity contribution is 0.303. The zero-order valence-corrected chi connectivity index (χ0v) is 13.5. The van der Waals surface area contributed by atoms with Crippen molar-refractivity contribution in [2.75, 3.05) is 24.3 Å². The molecule has 0 aromatic carbocycles. The Morgan fingerprint density at radius 2 is 2.00 bits per heavy atom. The third kappa shape index (κ3) is 3.67. The van der Waals surface area contributed by atoms with Crippen molar-refractivity contribution in [3.8, 4) is 0 Å². The smallest absolute Gasteiger partial charge is 0.266 e. The summed E-state index contributed by atoms with van der Waals surface area (Å²) in [5.41, 5.74) is -0.0182. The zero-order chi connectivity index (χ0) is 16.2. The van der Waals surface area contributed by atoms with E-state index in [1.54, 1.807) is 29.3 Å². The highest BCUT2D eigenvalue weighted by Gasteiger charge is 2.23. The van der Waals surface area contributed by atoms with E-state index in [9.17, 15) is 4.79 Å². The van der Waals surface area contributed by atoms with Crippen molar-refractivity contribution in [3.05, 3.63) is 41.1 Å². The average molecular weight is 314 g/mol. The van der Waals surface area contributed by atoms with Gasteiger partial charge in [-0.15, -0.1) is 0 Å². The molecule has 0 atom stereocenters. The van der Waals surface area contributed by atoms with Crippen LogP contribution in [0.25, 0.3) is 0 Å². The number of rotatable bonds is 4. The molecular formula is C16H22N6O. The van der Waals surface area contributed by atoms with Gasteiger partial charge in [-0.05, 0) is 31.7 Å². The summed E-state index contributed by atoms with van der Waals surface area (Å²) in [7, 11) is 3.92. The zero-order valence-electron chi connectivity index (χ0n) is 13.5. The molecule has 7 nitrogen and oxygen atoms in total. The van der Waals surface area contributed by atoms with Crippen molar-refractivity contribution < 1.29 is 0 Å². The molecule has 3 rings (SSSR count). The van der Waals surface area contributed by atoms with E-state index in [1.165, 1.54) is 0 Å². The maximum absolute atomic E-state index is 11.9. The van der Waals surface area contributed by atoms with E-state index in [-0.39, 0.29) is 11.6 Å². The predicted octanol–water partition coefficient (Wildman–Crippen LogP) is 1.70. The first-order valence-corrected chi connectivity index (χ1v) is 7.93. The van der Waals surface area contributed by atoms with E-state index >= 15 is 0 Å². The minimum atomic E-state index is -0.0182. The van der Waals surface area contributed by atoms with E-state index in [1.807, 2.05) is 25.1 Å². The maximum Gasteiger partial charge on any atom is 0.266 e. The maximum atomic E-state index is 11.9. The summed E-state index contributed by atoms with van der Waals surface area (Å²) in [5, 5.41) is 7.68. The van der Waals surface area contributed by atoms with Crippen molar-refractivity contribution in [2.24, 2.45) is 0 Å². The van der Waals surface area contributed by atoms with Gasteiger partial charge < -0.3 is 10.2 Å². The van der Waals surface area contributed by atoms with Gasteiger partial charge in [0.2, 0.25) is 0 Å². The fourth-order valence-electron chi connectivity index (χ4n) is 2.99. The molecule has 0 radical (unpaired) electrons. The van der Waals surface area contributed by atoms with Gasteiger partial charge in [0.05, 0.1) is 6.04 Å². The number of nitrogens with zero attached hydrogens (tertiary/aromatic N) is 5. The summed E-state index contributed by atoms with van der Waals surface area (Å²) in [6.07, 6.45) is 7.14. The van der Waals surface area contributed by atoms with E-state index < -0.39 is 0 Å². The van der Waals surface area contributed by atoms with Gasteiger partial charge >= 0.3 is 0 Å². The molecule has 122 valence electrons. The predicted molar refractivity (Wildman–Crippen MR) is 89.8 cm³/mol. The molecular weight excluding hydrogens is 292 g/mol. The fourth-order valence-corrected chi connectivity index (χ4v) is 2.99. The highest BCUT2D eigenvalue weighted by atomic mass is 16.1. The quantitative estimate of drug-likeness (QED) is 0.925. The molecule has 0 amide bonds. The monoisotopic (exact) mass is 314 g/mol. The Morgan fingerprint density at radius 1 is 1.22 bits per heavy atom. The van der Waals surface area contributed by atoms with Crippen LogP contribution in [0.5, 0.6) is 0 Å². The van der Waals surface area contributed by atoms with Crippen LogP contribution in [0.2, 0.25) is 0 Å². The third-order valence-electron chi connectivity index (χ3n) is 4.25. The van der Waals surface area contributed by atoms with Crippen LogP contribution in [0.1, 0.15) is 31.7 Å². The largest absolute Gasteiger partial charge is 0.367 e. The molecule has 0 unspecified atom stereocenters. The molecule has 2 heterocycles. The second-order valence-electron chi connectivity index (χ2n) is 6.11. The van der Waals surface area contributed by atoms with Crippen LogP contribution in [-0.2, 0) is 0 Å². The van der Waals surface area contributed by atoms with Crippen LogP contribution >= 0.6 is 0 Å². The normalized spacial score (nSPS) is 21.0. The van der Waals surface area contributed by atoms with Crippen molar-refractivity contribution in [1.82, 2.24) is 19.7 Å². The Morgan fingerprint density at radius 3 is 2.70 bits per heavy atom. The number of nitrogens with one attached hydrogen (secondary N) is 1. The van der Waals surface area contributed by atoms with Crippen LogP contribution in [0.15, 0.2) is 35.5 Å². The second-order valence-corrected chi connectivity index (χ2v) is 6.11. The third-order valence-corrected chi connectivity index (χ3v) is 4.25. The first-order chi connectivity index (χ1) is 11.1. The van der Waals surface area contributed by atoms with E-state index in [4.69, 9.17) is 0 Å². The van der Waals surface area contributed by atoms with Gasteiger partial charge in [0.25, 0.3) is 5.56 Å². The van der Waals surface area contributed by atoms with Crippen LogP contribution in [-0.4, -0.2) is 39.9 Å². The van der Waals surface area contributed by atoms with Crippen LogP contribution in [0.3, 0.4) is 0 Å². The standard InChI is InChI=1S/C16H22N6O/c1-21(2)15-10-14(17-11-18-15)20-12-5-7-13(8-6-12)22-16(23)4-3-9-19-22/h3-4,9-13H,5-8H2,1-2H3,(H,17,18,20). The highest BCUT2D eigenvalue weighted by molar-refractivity contribution is 5.47. The summed E-state index contributed by atoms with van der Waals surface area (Å²) >= 11 is 0. The Hall–Kier alpha value is -2.44. The number of hydrogen-bond acceptors (Lipinski definition) is 6. The van der Waals surface area contributed by atoms with Gasteiger partial charge in [-0.2, -0.15) is 5.10 Å². The van der Waals surface area contributed by atoms with E-state index in [0.717, 1.165) is 37.3 Å². The van der Waals surface area contributed by atoms with E-state index in [2.05, 4.69) is 20.4 Å². The molecule has 0 spiro atoms. The Labute approximate surface area is 135 Å². The Kier molecular flexibility index (Phi) is 4.55. The van der Waals surface area contributed by atoms with Gasteiger partial charge in [0.1, 0.15) is 18.0 Å². The van der Waals surface area contributed by atoms with Crippen LogP contribution < -0.4 is 15.8 Å². The molecule has 1 aliphatic rings. The molecule has 0 saturated heterocycles. The molecule has 23 heavy (non-hydrogen) atoms. The van der Waals surface area contributed by atoms with Crippen LogP contribution in [0, 0.1) is 0 Å². The summed E-state index contributed by atoms with van der Waals surface area (Å²) < 4.78 is 1.62. The average Bonchev–Trinajstić information content (AvgIpc) is 2.56. The van der Waals surface area contributed by atoms with Gasteiger partial charge in [-0.3, -0.25) is 4.79 Å². The van der Waals surface area contributed by atoms with Crippen molar-refractivity contribution in [1.29, 1.82) is 0 Å². The molecule has 1 saturated carbocycles. The minimum Gasteiger partial charge on any atom is -0.367 e. The summed E-state index contributed by atoms with van der Waals surface area (Å²) in [5.74, 6) is 1.73. The molecule has 1 aliphatic carbocycles. The lowest BCUT2D eigenvalue weighted by atomic mass is 9.91. The van der Waals surface area contributed by atoms with Gasteiger partial charge in [-0.1, -0.05) is 0 Å². The molecule has 0 bridgehead atoms. The molecule has 1 fully saturated rings. The molecule has 2 aromatic heterocycles. The highest BCUT2D eigenvalue weighted by Crippen LogP contribution is 2.28. The minimum absolute atomic E-state index is 0.0182. The summed E-state index contributed by atoms with van der Waals surface area (Å²) in [6, 6.07) is 5.78. The van der Waals surface area contributed by atoms with Gasteiger partial charge in [0, 0.05) is 38.5 Å². The SMILES string of the molecule is CN(C)c1cc(NC2CCC(n3ncccc3=O)CC2)ncn1.